The van der Waals surface area contributed by atoms with E-state index in [4.69, 9.17) is 0 Å². The van der Waals surface area contributed by atoms with Crippen LogP contribution in [0.15, 0.2) is 57.9 Å². The van der Waals surface area contributed by atoms with E-state index >= 15 is 0 Å². The maximum Gasteiger partial charge on any atom is 0.264 e. The van der Waals surface area contributed by atoms with Gasteiger partial charge in [-0.2, -0.15) is 0 Å². The molecule has 0 aliphatic carbocycles. The second-order valence-electron chi connectivity index (χ2n) is 6.33. The first-order valence-corrected chi connectivity index (χ1v) is 10.7. The first-order chi connectivity index (χ1) is 13.2. The van der Waals surface area contributed by atoms with Gasteiger partial charge < -0.3 is 4.90 Å². The van der Waals surface area contributed by atoms with E-state index in [1.807, 2.05) is 10.8 Å². The summed E-state index contributed by atoms with van der Waals surface area (Å²) in [4.78, 5) is 37.7. The Balaban J connectivity index is 1.75. The van der Waals surface area contributed by atoms with Crippen LogP contribution in [0.5, 0.6) is 0 Å². The van der Waals surface area contributed by atoms with Gasteiger partial charge in [-0.3, -0.25) is 14.4 Å². The molecule has 1 aliphatic rings. The van der Waals surface area contributed by atoms with Gasteiger partial charge in [0.15, 0.2) is 5.78 Å². The molecule has 146 valence electrons. The van der Waals surface area contributed by atoms with Gasteiger partial charge in [0.2, 0.25) is 11.8 Å². The molecule has 0 spiro atoms. The predicted octanol–water partition coefficient (Wildman–Crippen LogP) is 2.51. The average Bonchev–Trinajstić information content (AvgIpc) is 3.03. The average molecular weight is 465 g/mol. The summed E-state index contributed by atoms with van der Waals surface area (Å²) in [6.07, 6.45) is 0.213. The van der Waals surface area contributed by atoms with Crippen molar-refractivity contribution in [1.29, 1.82) is 0 Å². The molecule has 0 saturated carbocycles. The molecule has 1 atom stereocenters. The lowest BCUT2D eigenvalue weighted by molar-refractivity contribution is -0.130. The fourth-order valence-corrected chi connectivity index (χ4v) is 4.48. The number of benzene rings is 2. The molecule has 0 radical (unpaired) electrons. The number of nitrogens with zero attached hydrogens (tertiary/aromatic N) is 1. The predicted molar refractivity (Wildman–Crippen MR) is 106 cm³/mol. The SMILES string of the molecule is CC(=O)c1ccc(S(=O)(=O)NC(=O)[C@@H]2CCN(c3ccccc3Br)C2=O)cc1. The maximum absolute atomic E-state index is 12.7. The number of ketones is 1. The number of rotatable bonds is 5. The number of amides is 2. The Hall–Kier alpha value is -2.52. The molecule has 1 aliphatic heterocycles. The van der Waals surface area contributed by atoms with E-state index in [0.717, 1.165) is 0 Å². The Morgan fingerprint density at radius 1 is 1.11 bits per heavy atom. The van der Waals surface area contributed by atoms with Crippen LogP contribution in [0.1, 0.15) is 23.7 Å². The molecular formula is C19H17BrN2O5S. The van der Waals surface area contributed by atoms with Crippen LogP contribution in [-0.4, -0.2) is 32.6 Å². The molecule has 0 aromatic heterocycles. The Morgan fingerprint density at radius 3 is 2.36 bits per heavy atom. The van der Waals surface area contributed by atoms with E-state index in [9.17, 15) is 22.8 Å². The van der Waals surface area contributed by atoms with Crippen molar-refractivity contribution in [2.75, 3.05) is 11.4 Å². The van der Waals surface area contributed by atoms with Crippen LogP contribution in [-0.2, 0) is 19.6 Å². The molecule has 1 saturated heterocycles. The lowest BCUT2D eigenvalue weighted by Gasteiger charge is -2.18. The highest BCUT2D eigenvalue weighted by molar-refractivity contribution is 9.10. The molecule has 7 nitrogen and oxygen atoms in total. The number of hydrogen-bond donors (Lipinski definition) is 1. The van der Waals surface area contributed by atoms with Gasteiger partial charge in [-0.15, -0.1) is 0 Å². The summed E-state index contributed by atoms with van der Waals surface area (Å²) in [5, 5.41) is 0. The van der Waals surface area contributed by atoms with E-state index < -0.39 is 27.8 Å². The molecule has 1 N–H and O–H groups in total. The number of anilines is 1. The Kier molecular flexibility index (Phi) is 5.66. The van der Waals surface area contributed by atoms with E-state index in [1.165, 1.54) is 36.1 Å². The van der Waals surface area contributed by atoms with Crippen LogP contribution in [0.25, 0.3) is 0 Å². The zero-order valence-corrected chi connectivity index (χ0v) is 17.3. The zero-order chi connectivity index (χ0) is 20.5. The van der Waals surface area contributed by atoms with Crippen LogP contribution in [0.2, 0.25) is 0 Å². The van der Waals surface area contributed by atoms with Crippen molar-refractivity contribution in [2.45, 2.75) is 18.2 Å². The van der Waals surface area contributed by atoms with Crippen LogP contribution in [0.3, 0.4) is 0 Å². The highest BCUT2D eigenvalue weighted by atomic mass is 79.9. The first kappa shape index (κ1) is 20.2. The molecule has 0 bridgehead atoms. The third kappa shape index (κ3) is 4.00. The molecule has 28 heavy (non-hydrogen) atoms. The fourth-order valence-electron chi connectivity index (χ4n) is 2.96. The molecular weight excluding hydrogens is 448 g/mol. The van der Waals surface area contributed by atoms with Crippen molar-refractivity contribution >= 4 is 49.2 Å². The van der Waals surface area contributed by atoms with Gasteiger partial charge in [0.25, 0.3) is 10.0 Å². The Morgan fingerprint density at radius 2 is 1.75 bits per heavy atom. The number of sulfonamides is 1. The number of halogens is 1. The smallest absolute Gasteiger partial charge is 0.264 e. The van der Waals surface area contributed by atoms with Gasteiger partial charge in [-0.1, -0.05) is 24.3 Å². The second kappa shape index (κ2) is 7.84. The molecule has 2 amide bonds. The lowest BCUT2D eigenvalue weighted by Crippen LogP contribution is -2.39. The van der Waals surface area contributed by atoms with E-state index in [1.54, 1.807) is 18.2 Å². The van der Waals surface area contributed by atoms with Crippen LogP contribution >= 0.6 is 15.9 Å². The van der Waals surface area contributed by atoms with E-state index in [-0.39, 0.29) is 17.1 Å². The maximum atomic E-state index is 12.7. The van der Waals surface area contributed by atoms with Gasteiger partial charge >= 0.3 is 0 Å². The summed E-state index contributed by atoms with van der Waals surface area (Å²) in [7, 11) is -4.14. The lowest BCUT2D eigenvalue weighted by atomic mass is 10.1. The van der Waals surface area contributed by atoms with Crippen LogP contribution < -0.4 is 9.62 Å². The standard InChI is InChI=1S/C19H17BrN2O5S/c1-12(23)13-6-8-14(9-7-13)28(26,27)21-18(24)15-10-11-22(19(15)25)17-5-3-2-4-16(17)20/h2-9,15H,10-11H2,1H3,(H,21,24)/t15-/m0/s1. The molecule has 2 aromatic carbocycles. The number of carbonyl (C=O) groups excluding carboxylic acids is 3. The summed E-state index contributed by atoms with van der Waals surface area (Å²) in [6, 6.07) is 12.3. The number of carbonyl (C=O) groups is 3. The monoisotopic (exact) mass is 464 g/mol. The summed E-state index contributed by atoms with van der Waals surface area (Å²) < 4.78 is 27.6. The summed E-state index contributed by atoms with van der Waals surface area (Å²) in [5.74, 6) is -2.60. The number of hydrogen-bond acceptors (Lipinski definition) is 5. The quantitative estimate of drug-likeness (QED) is 0.540. The van der Waals surface area contributed by atoms with Crippen molar-refractivity contribution in [2.24, 2.45) is 5.92 Å². The first-order valence-electron chi connectivity index (χ1n) is 8.44. The van der Waals surface area contributed by atoms with Crippen LogP contribution in [0.4, 0.5) is 5.69 Å². The highest BCUT2D eigenvalue weighted by Gasteiger charge is 2.39. The molecule has 0 unspecified atom stereocenters. The minimum atomic E-state index is -4.14. The van der Waals surface area contributed by atoms with Crippen molar-refractivity contribution < 1.29 is 22.8 Å². The zero-order valence-electron chi connectivity index (χ0n) is 14.9. The number of nitrogens with one attached hydrogen (secondary N) is 1. The molecule has 1 heterocycles. The molecule has 2 aromatic rings. The molecule has 9 heteroatoms. The number of para-hydroxylation sites is 1. The van der Waals surface area contributed by atoms with Crippen molar-refractivity contribution in [1.82, 2.24) is 4.72 Å². The normalized spacial score (nSPS) is 16.9. The fraction of sp³-hybridized carbons (Fsp3) is 0.211. The van der Waals surface area contributed by atoms with Crippen molar-refractivity contribution in [3.63, 3.8) is 0 Å². The Bertz CT molecular complexity index is 1050. The van der Waals surface area contributed by atoms with Gasteiger partial charge in [0.05, 0.1) is 10.6 Å². The third-order valence-electron chi connectivity index (χ3n) is 4.47. The molecule has 3 rings (SSSR count). The highest BCUT2D eigenvalue weighted by Crippen LogP contribution is 2.31. The van der Waals surface area contributed by atoms with Gasteiger partial charge in [0, 0.05) is 16.6 Å². The van der Waals surface area contributed by atoms with E-state index in [0.29, 0.717) is 22.3 Å². The topological polar surface area (TPSA) is 101 Å². The van der Waals surface area contributed by atoms with Crippen LogP contribution in [0, 0.1) is 5.92 Å². The number of Topliss-reactive ketones (excluding diaryl/α,β-unsaturated/α-hetero) is 1. The second-order valence-corrected chi connectivity index (χ2v) is 8.87. The van der Waals surface area contributed by atoms with E-state index in [2.05, 4.69) is 15.9 Å². The van der Waals surface area contributed by atoms with Gasteiger partial charge in [-0.05, 0) is 53.5 Å². The largest absolute Gasteiger partial charge is 0.311 e. The van der Waals surface area contributed by atoms with Crippen molar-refractivity contribution in [3.05, 3.63) is 58.6 Å². The summed E-state index contributed by atoms with van der Waals surface area (Å²) >= 11 is 3.37. The van der Waals surface area contributed by atoms with Crippen molar-refractivity contribution in [3.8, 4) is 0 Å². The summed E-state index contributed by atoms with van der Waals surface area (Å²) in [5.41, 5.74) is 0.991. The minimum Gasteiger partial charge on any atom is -0.311 e. The third-order valence-corrected chi connectivity index (χ3v) is 6.50. The van der Waals surface area contributed by atoms with Gasteiger partial charge in [0.1, 0.15) is 5.92 Å². The Labute approximate surface area is 170 Å². The van der Waals surface area contributed by atoms with Gasteiger partial charge in [-0.25, -0.2) is 13.1 Å². The molecule has 1 fully saturated rings. The minimum absolute atomic E-state index is 0.154. The summed E-state index contributed by atoms with van der Waals surface area (Å²) in [6.45, 7) is 1.68.